The molecule has 0 N–H and O–H groups in total. The van der Waals surface area contributed by atoms with Gasteiger partial charge in [-0.2, -0.15) is 0 Å². The molecule has 0 bridgehead atoms. The van der Waals surface area contributed by atoms with Gasteiger partial charge in [-0.1, -0.05) is 0 Å². The van der Waals surface area contributed by atoms with E-state index in [0.29, 0.717) is 0 Å². The molecule has 0 fully saturated rings. The Balaban J connectivity index is 3.39. The number of rotatable bonds is 3. The van der Waals surface area contributed by atoms with Gasteiger partial charge >= 0.3 is 12.0 Å². The van der Waals surface area contributed by atoms with Gasteiger partial charge in [0.15, 0.2) is 3.70 Å². The summed E-state index contributed by atoms with van der Waals surface area (Å²) in [4.78, 5) is 13.3. The molecule has 0 aliphatic carbocycles. The van der Waals surface area contributed by atoms with E-state index >= 15 is 0 Å². The fraction of sp³-hybridized carbons (Fsp3) is 0.286. The van der Waals surface area contributed by atoms with Gasteiger partial charge in [-0.05, 0) is 22.6 Å². The number of halogens is 5. The lowest BCUT2D eigenvalue weighted by molar-refractivity contribution is -0.389. The third-order valence-corrected chi connectivity index (χ3v) is 2.64. The zero-order chi connectivity index (χ0) is 13.2. The number of ether oxygens (including phenoxy) is 1. The van der Waals surface area contributed by atoms with Gasteiger partial charge in [-0.15, -0.1) is 24.8 Å². The van der Waals surface area contributed by atoms with E-state index in [1.54, 1.807) is 0 Å². The van der Waals surface area contributed by atoms with Gasteiger partial charge in [0, 0.05) is 6.20 Å². The molecule has 0 aliphatic heterocycles. The molecule has 0 aliphatic rings. The summed E-state index contributed by atoms with van der Waals surface area (Å²) in [7, 11) is 0. The van der Waals surface area contributed by atoms with Crippen LogP contribution >= 0.6 is 34.2 Å². The second kappa shape index (κ2) is 5.21. The number of pyridine rings is 1. The fourth-order valence-electron chi connectivity index (χ4n) is 1.00. The third-order valence-electron chi connectivity index (χ3n) is 1.58. The van der Waals surface area contributed by atoms with Crippen LogP contribution in [0.25, 0.3) is 0 Å². The van der Waals surface area contributed by atoms with Gasteiger partial charge in [0.05, 0.1) is 16.4 Å². The van der Waals surface area contributed by atoms with Gasteiger partial charge in [0.25, 0.3) is 0 Å². The first-order valence-corrected chi connectivity index (χ1v) is 5.51. The summed E-state index contributed by atoms with van der Waals surface area (Å²) in [5.74, 6) is -1.28. The Hall–Kier alpha value is -0.840. The largest absolute Gasteiger partial charge is 0.573 e. The smallest absolute Gasteiger partial charge is 0.396 e. The third kappa shape index (κ3) is 3.56. The van der Waals surface area contributed by atoms with Crippen molar-refractivity contribution in [3.63, 3.8) is 0 Å². The summed E-state index contributed by atoms with van der Waals surface area (Å²) in [6.45, 7) is 0. The number of hydrogen-bond acceptors (Lipinski definition) is 4. The first-order chi connectivity index (χ1) is 7.76. The number of alkyl halides is 4. The normalized spacial score (nSPS) is 11.4. The first-order valence-electron chi connectivity index (χ1n) is 3.89. The van der Waals surface area contributed by atoms with E-state index in [1.165, 1.54) is 22.6 Å². The van der Waals surface area contributed by atoms with Crippen molar-refractivity contribution in [3.8, 4) is 5.75 Å². The van der Waals surface area contributed by atoms with Crippen molar-refractivity contribution in [1.82, 2.24) is 4.98 Å². The summed E-state index contributed by atoms with van der Waals surface area (Å²) >= 11 is 6.80. The second-order valence-corrected chi connectivity index (χ2v) is 3.98. The minimum atomic E-state index is -5.03. The van der Waals surface area contributed by atoms with Crippen LogP contribution in [0.3, 0.4) is 0 Å². The van der Waals surface area contributed by atoms with Crippen LogP contribution in [-0.4, -0.2) is 16.3 Å². The summed E-state index contributed by atoms with van der Waals surface area (Å²) in [5, 5.41) is 10.7. The highest BCUT2D eigenvalue weighted by atomic mass is 127. The Morgan fingerprint density at radius 3 is 2.59 bits per heavy atom. The zero-order valence-corrected chi connectivity index (χ0v) is 10.7. The molecule has 0 unspecified atom stereocenters. The van der Waals surface area contributed by atoms with E-state index < -0.39 is 22.7 Å². The molecule has 0 spiro atoms. The molecule has 1 rings (SSSR count). The Kier molecular flexibility index (Phi) is 4.36. The summed E-state index contributed by atoms with van der Waals surface area (Å²) < 4.78 is 39.6. The van der Waals surface area contributed by atoms with E-state index in [2.05, 4.69) is 9.72 Å². The number of nitro groups is 1. The topological polar surface area (TPSA) is 65.3 Å². The lowest BCUT2D eigenvalue weighted by atomic mass is 10.2. The molecule has 1 aromatic heterocycles. The van der Waals surface area contributed by atoms with Crippen LogP contribution in [0.2, 0.25) is 0 Å². The highest BCUT2D eigenvalue weighted by Crippen LogP contribution is 2.37. The molecule has 1 heterocycles. The molecule has 0 atom stereocenters. The molecular weight excluding hydrogens is 379 g/mol. The van der Waals surface area contributed by atoms with Gasteiger partial charge in [0.2, 0.25) is 5.75 Å². The average molecular weight is 382 g/mol. The molecule has 0 amide bonds. The highest BCUT2D eigenvalue weighted by molar-refractivity contribution is 14.1. The van der Waals surface area contributed by atoms with E-state index in [-0.39, 0.29) is 15.1 Å². The number of aromatic nitrogens is 1. The minimum absolute atomic E-state index is 0.142. The number of hydrogen-bond donors (Lipinski definition) is 0. The predicted molar refractivity (Wildman–Crippen MR) is 59.8 cm³/mol. The standard InChI is InChI=1S/C7H3ClF3IN2O3/c8-1-3-2-13-6(12)5(4(3)14(15)16)17-7(9,10)11/h2H,1H2. The minimum Gasteiger partial charge on any atom is -0.396 e. The maximum atomic E-state index is 12.1. The summed E-state index contributed by atoms with van der Waals surface area (Å²) in [6.07, 6.45) is -3.99. The fourth-order valence-corrected chi connectivity index (χ4v) is 1.70. The van der Waals surface area contributed by atoms with Crippen LogP contribution in [0, 0.1) is 13.8 Å². The zero-order valence-electron chi connectivity index (χ0n) is 7.79. The van der Waals surface area contributed by atoms with E-state index in [4.69, 9.17) is 11.6 Å². The number of nitrogens with zero attached hydrogens (tertiary/aromatic N) is 2. The van der Waals surface area contributed by atoms with Crippen LogP contribution in [0.15, 0.2) is 6.20 Å². The molecule has 10 heteroatoms. The van der Waals surface area contributed by atoms with Gasteiger partial charge in [-0.25, -0.2) is 4.98 Å². The van der Waals surface area contributed by atoms with E-state index in [9.17, 15) is 23.3 Å². The van der Waals surface area contributed by atoms with Gasteiger partial charge < -0.3 is 4.74 Å². The molecule has 0 radical (unpaired) electrons. The Morgan fingerprint density at radius 1 is 1.59 bits per heavy atom. The van der Waals surface area contributed by atoms with Crippen molar-refractivity contribution in [2.24, 2.45) is 0 Å². The Labute approximate surface area is 111 Å². The van der Waals surface area contributed by atoms with Crippen molar-refractivity contribution in [2.45, 2.75) is 12.2 Å². The predicted octanol–water partition coefficient (Wildman–Crippen LogP) is 3.23. The average Bonchev–Trinajstić information content (AvgIpc) is 2.18. The van der Waals surface area contributed by atoms with Crippen LogP contribution < -0.4 is 4.74 Å². The molecule has 94 valence electrons. The molecule has 0 aromatic carbocycles. The Bertz CT molecular complexity index is 455. The van der Waals surface area contributed by atoms with Crippen molar-refractivity contribution in [1.29, 1.82) is 0 Å². The highest BCUT2D eigenvalue weighted by Gasteiger charge is 2.37. The van der Waals surface area contributed by atoms with Crippen LogP contribution in [0.5, 0.6) is 5.75 Å². The molecule has 1 aromatic rings. The second-order valence-electron chi connectivity index (χ2n) is 2.69. The lowest BCUT2D eigenvalue weighted by Crippen LogP contribution is -2.19. The van der Waals surface area contributed by atoms with Crippen molar-refractivity contribution < 1.29 is 22.8 Å². The molecule has 0 saturated heterocycles. The van der Waals surface area contributed by atoms with Crippen LogP contribution in [0.4, 0.5) is 18.9 Å². The van der Waals surface area contributed by atoms with E-state index in [1.807, 2.05) is 0 Å². The quantitative estimate of drug-likeness (QED) is 0.265. The van der Waals surface area contributed by atoms with Gasteiger partial charge in [0.1, 0.15) is 0 Å². The summed E-state index contributed by atoms with van der Waals surface area (Å²) in [5.41, 5.74) is -0.965. The van der Waals surface area contributed by atoms with Crippen molar-refractivity contribution in [3.05, 3.63) is 25.6 Å². The summed E-state index contributed by atoms with van der Waals surface area (Å²) in [6, 6.07) is 0. The Morgan fingerprint density at radius 2 is 2.18 bits per heavy atom. The monoisotopic (exact) mass is 382 g/mol. The maximum absolute atomic E-state index is 12.1. The lowest BCUT2D eigenvalue weighted by Gasteiger charge is -2.11. The molecular formula is C7H3ClF3IN2O3. The molecule has 5 nitrogen and oxygen atoms in total. The molecule has 0 saturated carbocycles. The van der Waals surface area contributed by atoms with Crippen molar-refractivity contribution >= 4 is 39.9 Å². The van der Waals surface area contributed by atoms with E-state index in [0.717, 1.165) is 6.20 Å². The maximum Gasteiger partial charge on any atom is 0.573 e. The van der Waals surface area contributed by atoms with Crippen LogP contribution in [0.1, 0.15) is 5.56 Å². The molecule has 17 heavy (non-hydrogen) atoms. The SMILES string of the molecule is O=[N+]([O-])c1c(CCl)cnc(I)c1OC(F)(F)F. The van der Waals surface area contributed by atoms with Gasteiger partial charge in [-0.3, -0.25) is 10.1 Å². The van der Waals surface area contributed by atoms with Crippen molar-refractivity contribution in [2.75, 3.05) is 0 Å². The first kappa shape index (κ1) is 14.2. The van der Waals surface area contributed by atoms with Crippen LogP contribution in [-0.2, 0) is 5.88 Å².